The Hall–Kier alpha value is -1.75. The van der Waals surface area contributed by atoms with E-state index in [1.807, 2.05) is 0 Å². The molecule has 0 spiro atoms. The van der Waals surface area contributed by atoms with Gasteiger partial charge in [0.25, 0.3) is 5.72 Å². The molecule has 0 aliphatic carbocycles. The van der Waals surface area contributed by atoms with Gasteiger partial charge in [-0.15, -0.1) is 11.8 Å². The second kappa shape index (κ2) is 6.63. The van der Waals surface area contributed by atoms with E-state index in [2.05, 4.69) is 20.6 Å². The van der Waals surface area contributed by atoms with Crippen LogP contribution in [0.15, 0.2) is 17.3 Å². The van der Waals surface area contributed by atoms with Crippen LogP contribution in [0.4, 0.5) is 23.8 Å². The van der Waals surface area contributed by atoms with Crippen molar-refractivity contribution in [2.45, 2.75) is 31.8 Å². The number of nitrogens with one attached hydrogen (secondary N) is 2. The zero-order chi connectivity index (χ0) is 18.1. The summed E-state index contributed by atoms with van der Waals surface area (Å²) in [6.45, 7) is 3.57. The molecular formula is C13H16BF3N4O2S. The number of amides is 2. The van der Waals surface area contributed by atoms with Gasteiger partial charge < -0.3 is 10.4 Å². The highest BCUT2D eigenvalue weighted by Crippen LogP contribution is 2.40. The summed E-state index contributed by atoms with van der Waals surface area (Å²) < 4.78 is 38.6. The van der Waals surface area contributed by atoms with E-state index in [1.54, 1.807) is 21.7 Å². The summed E-state index contributed by atoms with van der Waals surface area (Å²) in [5, 5.41) is 14.8. The normalized spacial score (nSPS) is 20.9. The largest absolute Gasteiger partial charge is 0.439 e. The fraction of sp³-hybridized carbons (Fsp3) is 0.462. The SMILES string of the molecule is Bc1cnc(NC(=O)NC(C)C)cc1C1=NC(O)(C(F)(F)F)CS1. The standard InChI is InChI=1S/C13H16BF3N4O2S/c1-6(2)19-11(22)20-9-3-7(8(14)4-18-9)10-21-12(23,5-24-10)13(15,16)17/h3-4,6,23H,5,14H2,1-2H3,(H2,18,19,20,22). The fourth-order valence-corrected chi connectivity index (χ4v) is 3.08. The van der Waals surface area contributed by atoms with Crippen LogP contribution in [0.1, 0.15) is 19.4 Å². The predicted molar refractivity (Wildman–Crippen MR) is 89.7 cm³/mol. The molecule has 1 unspecified atom stereocenters. The van der Waals surface area contributed by atoms with E-state index in [4.69, 9.17) is 0 Å². The van der Waals surface area contributed by atoms with E-state index in [0.717, 1.165) is 11.8 Å². The van der Waals surface area contributed by atoms with Gasteiger partial charge in [0.1, 0.15) is 18.7 Å². The summed E-state index contributed by atoms with van der Waals surface area (Å²) in [5.74, 6) is -0.427. The zero-order valence-electron chi connectivity index (χ0n) is 13.2. The smallest absolute Gasteiger partial charge is 0.361 e. The average molecular weight is 360 g/mol. The molecule has 2 amide bonds. The molecule has 1 aliphatic heterocycles. The van der Waals surface area contributed by atoms with Gasteiger partial charge in [0, 0.05) is 17.8 Å². The number of aliphatic hydroxyl groups is 1. The number of hydrogen-bond acceptors (Lipinski definition) is 5. The lowest BCUT2D eigenvalue weighted by molar-refractivity contribution is -0.245. The molecule has 0 fully saturated rings. The molecule has 0 radical (unpaired) electrons. The van der Waals surface area contributed by atoms with Crippen LogP contribution in [0.3, 0.4) is 0 Å². The van der Waals surface area contributed by atoms with Crippen LogP contribution >= 0.6 is 11.8 Å². The first-order chi connectivity index (χ1) is 11.0. The van der Waals surface area contributed by atoms with E-state index < -0.39 is 23.7 Å². The van der Waals surface area contributed by atoms with Crippen LogP contribution in [0.5, 0.6) is 0 Å². The molecule has 1 atom stereocenters. The molecule has 11 heteroatoms. The van der Waals surface area contributed by atoms with Crippen LogP contribution in [-0.4, -0.2) is 52.7 Å². The van der Waals surface area contributed by atoms with Crippen molar-refractivity contribution in [3.63, 3.8) is 0 Å². The summed E-state index contributed by atoms with van der Waals surface area (Å²) in [5.41, 5.74) is -2.12. The maximum Gasteiger partial charge on any atom is 0.439 e. The first-order valence-electron chi connectivity index (χ1n) is 7.08. The minimum absolute atomic E-state index is 0.0574. The topological polar surface area (TPSA) is 86.6 Å². The van der Waals surface area contributed by atoms with E-state index >= 15 is 0 Å². The number of urea groups is 1. The second-order valence-electron chi connectivity index (χ2n) is 5.66. The van der Waals surface area contributed by atoms with E-state index in [0.29, 0.717) is 11.0 Å². The van der Waals surface area contributed by atoms with E-state index in [9.17, 15) is 23.1 Å². The predicted octanol–water partition coefficient (Wildman–Crippen LogP) is 0.614. The molecule has 2 heterocycles. The van der Waals surface area contributed by atoms with Gasteiger partial charge in [-0.3, -0.25) is 5.32 Å². The number of aliphatic imine (C=N–C) groups is 1. The van der Waals surface area contributed by atoms with E-state index in [-0.39, 0.29) is 16.9 Å². The number of anilines is 1. The first-order valence-corrected chi connectivity index (χ1v) is 8.07. The number of rotatable bonds is 3. The monoisotopic (exact) mass is 360 g/mol. The molecule has 24 heavy (non-hydrogen) atoms. The van der Waals surface area contributed by atoms with Gasteiger partial charge in [0.15, 0.2) is 0 Å². The number of aromatic nitrogens is 1. The van der Waals surface area contributed by atoms with Gasteiger partial charge in [-0.05, 0) is 19.9 Å². The number of nitrogens with zero attached hydrogens (tertiary/aromatic N) is 2. The van der Waals surface area contributed by atoms with Gasteiger partial charge in [0.05, 0.1) is 5.75 Å². The van der Waals surface area contributed by atoms with Gasteiger partial charge in [-0.2, -0.15) is 13.2 Å². The molecule has 0 saturated carbocycles. The lowest BCUT2D eigenvalue weighted by Crippen LogP contribution is -2.43. The number of thioether (sulfide) groups is 1. The van der Waals surface area contributed by atoms with Gasteiger partial charge >= 0.3 is 12.2 Å². The highest BCUT2D eigenvalue weighted by molar-refractivity contribution is 8.14. The van der Waals surface area contributed by atoms with E-state index in [1.165, 1.54) is 12.3 Å². The van der Waals surface area contributed by atoms with Gasteiger partial charge in [-0.1, -0.05) is 5.46 Å². The van der Waals surface area contributed by atoms with Crippen molar-refractivity contribution < 1.29 is 23.1 Å². The number of carbonyl (C=O) groups is 1. The number of carbonyl (C=O) groups excluding carboxylic acids is 1. The summed E-state index contributed by atoms with van der Waals surface area (Å²) in [7, 11) is 1.66. The highest BCUT2D eigenvalue weighted by Gasteiger charge is 2.56. The molecule has 1 aromatic heterocycles. The number of hydrogen-bond donors (Lipinski definition) is 3. The number of alkyl halides is 3. The molecule has 0 saturated heterocycles. The Morgan fingerprint density at radius 3 is 2.71 bits per heavy atom. The van der Waals surface area contributed by atoms with Crippen molar-refractivity contribution in [3.8, 4) is 0 Å². The van der Waals surface area contributed by atoms with Crippen molar-refractivity contribution in [2.24, 2.45) is 4.99 Å². The summed E-state index contributed by atoms with van der Waals surface area (Å²) >= 11 is 0.806. The second-order valence-corrected chi connectivity index (χ2v) is 6.62. The maximum atomic E-state index is 12.9. The molecule has 2 rings (SSSR count). The Morgan fingerprint density at radius 2 is 2.17 bits per heavy atom. The summed E-state index contributed by atoms with van der Waals surface area (Å²) in [6, 6.07) is 0.884. The average Bonchev–Trinajstić information content (AvgIpc) is 2.83. The molecule has 0 aromatic carbocycles. The third kappa shape index (κ3) is 4.01. The van der Waals surface area contributed by atoms with Crippen LogP contribution in [0, 0.1) is 0 Å². The van der Waals surface area contributed by atoms with Crippen molar-refractivity contribution in [2.75, 3.05) is 11.1 Å². The van der Waals surface area contributed by atoms with Crippen molar-refractivity contribution in [3.05, 3.63) is 17.8 Å². The van der Waals surface area contributed by atoms with Crippen molar-refractivity contribution in [1.82, 2.24) is 10.3 Å². The Bertz CT molecular complexity index is 684. The third-order valence-corrected chi connectivity index (χ3v) is 4.28. The lowest BCUT2D eigenvalue weighted by atomic mass is 9.93. The molecule has 1 aromatic rings. The number of pyridine rings is 1. The molecule has 130 valence electrons. The molecule has 3 N–H and O–H groups in total. The molecule has 1 aliphatic rings. The highest BCUT2D eigenvalue weighted by atomic mass is 32.2. The Morgan fingerprint density at radius 1 is 1.50 bits per heavy atom. The Kier molecular flexibility index (Phi) is 5.14. The fourth-order valence-electron chi connectivity index (χ4n) is 1.92. The van der Waals surface area contributed by atoms with Crippen LogP contribution in [0.2, 0.25) is 0 Å². The molecule has 0 bridgehead atoms. The quantitative estimate of drug-likeness (QED) is 0.690. The minimum Gasteiger partial charge on any atom is -0.361 e. The Balaban J connectivity index is 2.27. The lowest BCUT2D eigenvalue weighted by Gasteiger charge is -2.21. The van der Waals surface area contributed by atoms with Crippen LogP contribution in [0.25, 0.3) is 0 Å². The summed E-state index contributed by atoms with van der Waals surface area (Å²) in [4.78, 5) is 19.2. The van der Waals surface area contributed by atoms with Gasteiger partial charge in [0.2, 0.25) is 0 Å². The summed E-state index contributed by atoms with van der Waals surface area (Å²) in [6.07, 6.45) is -3.42. The van der Waals surface area contributed by atoms with Crippen molar-refractivity contribution in [1.29, 1.82) is 0 Å². The van der Waals surface area contributed by atoms with Crippen LogP contribution < -0.4 is 16.1 Å². The maximum absolute atomic E-state index is 12.9. The zero-order valence-corrected chi connectivity index (χ0v) is 14.0. The van der Waals surface area contributed by atoms with Crippen LogP contribution in [-0.2, 0) is 0 Å². The number of halogens is 3. The van der Waals surface area contributed by atoms with Gasteiger partial charge in [-0.25, -0.2) is 14.8 Å². The minimum atomic E-state index is -4.85. The third-order valence-electron chi connectivity index (χ3n) is 3.15. The molecule has 6 nitrogen and oxygen atoms in total. The Labute approximate surface area is 141 Å². The molecular weight excluding hydrogens is 344 g/mol. The van der Waals surface area contributed by atoms with Crippen molar-refractivity contribution >= 4 is 42.0 Å². The first kappa shape index (κ1) is 18.6.